The van der Waals surface area contributed by atoms with Crippen molar-refractivity contribution in [3.05, 3.63) is 17.5 Å². The molecule has 0 aliphatic rings. The van der Waals surface area contributed by atoms with E-state index in [1.54, 1.807) is 6.92 Å². The molecule has 0 aliphatic heterocycles. The molecule has 0 fully saturated rings. The quantitative estimate of drug-likeness (QED) is 0.810. The van der Waals surface area contributed by atoms with Crippen molar-refractivity contribution in [3.8, 4) is 0 Å². The van der Waals surface area contributed by atoms with Crippen LogP contribution in [0, 0.1) is 0 Å². The molecule has 0 radical (unpaired) electrons. The van der Waals surface area contributed by atoms with Crippen molar-refractivity contribution in [1.82, 2.24) is 9.78 Å². The fraction of sp³-hybridized carbons (Fsp3) is 0.545. The van der Waals surface area contributed by atoms with Gasteiger partial charge in [-0.05, 0) is 27.7 Å². The highest BCUT2D eigenvalue weighted by atomic mass is 16.5. The number of carboxylic acid groups (broad SMARTS) is 1. The normalized spacial score (nSPS) is 11.3. The summed E-state index contributed by atoms with van der Waals surface area (Å²) in [4.78, 5) is 22.6. The van der Waals surface area contributed by atoms with Crippen LogP contribution in [0.4, 0.5) is 0 Å². The van der Waals surface area contributed by atoms with Crippen LogP contribution in [0.2, 0.25) is 0 Å². The number of aromatic nitrogens is 2. The molecule has 0 aliphatic carbocycles. The van der Waals surface area contributed by atoms with E-state index in [0.717, 1.165) is 0 Å². The van der Waals surface area contributed by atoms with E-state index in [9.17, 15) is 9.59 Å². The number of carbonyl (C=O) groups is 2. The van der Waals surface area contributed by atoms with Crippen molar-refractivity contribution >= 4 is 11.9 Å². The van der Waals surface area contributed by atoms with Gasteiger partial charge in [-0.2, -0.15) is 5.10 Å². The summed E-state index contributed by atoms with van der Waals surface area (Å²) in [6.07, 6.45) is 1.40. The monoisotopic (exact) mass is 240 g/mol. The summed E-state index contributed by atoms with van der Waals surface area (Å²) in [7, 11) is 0. The molecule has 1 aromatic heterocycles. The van der Waals surface area contributed by atoms with Crippen LogP contribution in [-0.4, -0.2) is 33.4 Å². The number of rotatable bonds is 3. The van der Waals surface area contributed by atoms with Crippen molar-refractivity contribution in [3.63, 3.8) is 0 Å². The van der Waals surface area contributed by atoms with Gasteiger partial charge in [0.2, 0.25) is 0 Å². The van der Waals surface area contributed by atoms with Gasteiger partial charge in [0.15, 0.2) is 5.69 Å². The second-order valence-electron chi connectivity index (χ2n) is 4.53. The van der Waals surface area contributed by atoms with E-state index in [-0.39, 0.29) is 17.9 Å². The van der Waals surface area contributed by atoms with Gasteiger partial charge in [-0.3, -0.25) is 4.68 Å². The third-order valence-electron chi connectivity index (χ3n) is 2.10. The molecule has 0 atom stereocenters. The molecule has 0 aromatic carbocycles. The van der Waals surface area contributed by atoms with E-state index in [4.69, 9.17) is 9.84 Å². The van der Waals surface area contributed by atoms with Crippen LogP contribution < -0.4 is 0 Å². The van der Waals surface area contributed by atoms with Crippen LogP contribution in [0.3, 0.4) is 0 Å². The standard InChI is InChI=1S/C11H16N2O4/c1-5-17-10(16)7-6-13(11(2,3)4)12-8(7)9(14)15/h6H,5H2,1-4H3,(H,14,15). The fourth-order valence-electron chi connectivity index (χ4n) is 1.23. The average Bonchev–Trinajstić information content (AvgIpc) is 2.61. The Morgan fingerprint density at radius 3 is 2.47 bits per heavy atom. The van der Waals surface area contributed by atoms with E-state index in [1.807, 2.05) is 20.8 Å². The summed E-state index contributed by atoms with van der Waals surface area (Å²) in [6.45, 7) is 7.44. The topological polar surface area (TPSA) is 81.4 Å². The highest BCUT2D eigenvalue weighted by Gasteiger charge is 2.26. The summed E-state index contributed by atoms with van der Waals surface area (Å²) in [6, 6.07) is 0. The number of nitrogens with zero attached hydrogens (tertiary/aromatic N) is 2. The van der Waals surface area contributed by atoms with E-state index in [1.165, 1.54) is 10.9 Å². The minimum absolute atomic E-state index is 0.0192. The zero-order valence-corrected chi connectivity index (χ0v) is 10.4. The molecule has 0 saturated heterocycles. The van der Waals surface area contributed by atoms with Crippen molar-refractivity contribution in [1.29, 1.82) is 0 Å². The second kappa shape index (κ2) is 4.57. The number of ether oxygens (including phenoxy) is 1. The van der Waals surface area contributed by atoms with Crippen molar-refractivity contribution in [2.24, 2.45) is 0 Å². The third kappa shape index (κ3) is 2.83. The molecule has 0 bridgehead atoms. The van der Waals surface area contributed by atoms with Gasteiger partial charge in [0.1, 0.15) is 5.56 Å². The first-order valence-corrected chi connectivity index (χ1v) is 5.28. The molecule has 94 valence electrons. The van der Waals surface area contributed by atoms with E-state index in [2.05, 4.69) is 5.10 Å². The van der Waals surface area contributed by atoms with Crippen molar-refractivity contribution in [2.75, 3.05) is 6.61 Å². The number of esters is 1. The van der Waals surface area contributed by atoms with Crippen LogP contribution in [0.1, 0.15) is 48.5 Å². The zero-order valence-electron chi connectivity index (χ0n) is 10.4. The van der Waals surface area contributed by atoms with Crippen LogP contribution in [0.15, 0.2) is 6.20 Å². The lowest BCUT2D eigenvalue weighted by Crippen LogP contribution is -2.22. The van der Waals surface area contributed by atoms with Gasteiger partial charge < -0.3 is 9.84 Å². The molecule has 6 nitrogen and oxygen atoms in total. The Bertz CT molecular complexity index is 443. The number of carboxylic acids is 1. The summed E-state index contributed by atoms with van der Waals surface area (Å²) in [5.74, 6) is -1.91. The Hall–Kier alpha value is -1.85. The molecule has 0 amide bonds. The predicted octanol–water partition coefficient (Wildman–Crippen LogP) is 1.51. The van der Waals surface area contributed by atoms with Crippen LogP contribution in [0.5, 0.6) is 0 Å². The van der Waals surface area contributed by atoms with Gasteiger partial charge in [-0.15, -0.1) is 0 Å². The largest absolute Gasteiger partial charge is 0.476 e. The SMILES string of the molecule is CCOC(=O)c1cn(C(C)(C)C)nc1C(=O)O. The van der Waals surface area contributed by atoms with Crippen LogP contribution in [0.25, 0.3) is 0 Å². The Morgan fingerprint density at radius 2 is 2.06 bits per heavy atom. The zero-order chi connectivity index (χ0) is 13.2. The lowest BCUT2D eigenvalue weighted by atomic mass is 10.1. The Kier molecular flexibility index (Phi) is 3.55. The maximum atomic E-state index is 11.6. The Balaban J connectivity index is 3.24. The van der Waals surface area contributed by atoms with Gasteiger partial charge >= 0.3 is 11.9 Å². The minimum atomic E-state index is -1.24. The Morgan fingerprint density at radius 1 is 1.47 bits per heavy atom. The first-order chi connectivity index (χ1) is 7.77. The Labute approximate surface area is 99.2 Å². The summed E-state index contributed by atoms with van der Waals surface area (Å²) < 4.78 is 6.24. The lowest BCUT2D eigenvalue weighted by Gasteiger charge is -2.18. The second-order valence-corrected chi connectivity index (χ2v) is 4.53. The maximum absolute atomic E-state index is 11.6. The molecule has 1 N–H and O–H groups in total. The minimum Gasteiger partial charge on any atom is -0.476 e. The highest BCUT2D eigenvalue weighted by Crippen LogP contribution is 2.17. The molecule has 0 spiro atoms. The molecule has 0 unspecified atom stereocenters. The first-order valence-electron chi connectivity index (χ1n) is 5.28. The predicted molar refractivity (Wildman–Crippen MR) is 60.1 cm³/mol. The lowest BCUT2D eigenvalue weighted by molar-refractivity contribution is 0.0514. The van der Waals surface area contributed by atoms with Gasteiger partial charge in [0.25, 0.3) is 0 Å². The number of carbonyl (C=O) groups excluding carboxylic acids is 1. The molecular weight excluding hydrogens is 224 g/mol. The number of hydrogen-bond acceptors (Lipinski definition) is 4. The third-order valence-corrected chi connectivity index (χ3v) is 2.10. The van der Waals surface area contributed by atoms with Crippen molar-refractivity contribution in [2.45, 2.75) is 33.2 Å². The maximum Gasteiger partial charge on any atom is 0.357 e. The fourth-order valence-corrected chi connectivity index (χ4v) is 1.23. The molecule has 1 rings (SSSR count). The summed E-state index contributed by atoms with van der Waals surface area (Å²) in [5.41, 5.74) is -0.692. The van der Waals surface area contributed by atoms with Gasteiger partial charge in [0.05, 0.1) is 12.1 Å². The number of aromatic carboxylic acids is 1. The van der Waals surface area contributed by atoms with E-state index in [0.29, 0.717) is 0 Å². The molecule has 1 heterocycles. The van der Waals surface area contributed by atoms with E-state index >= 15 is 0 Å². The van der Waals surface area contributed by atoms with E-state index < -0.39 is 17.5 Å². The first kappa shape index (κ1) is 13.2. The van der Waals surface area contributed by atoms with Crippen LogP contribution >= 0.6 is 0 Å². The molecular formula is C11H16N2O4. The summed E-state index contributed by atoms with van der Waals surface area (Å²) in [5, 5.41) is 12.9. The molecule has 0 saturated carbocycles. The van der Waals surface area contributed by atoms with Gasteiger partial charge in [-0.1, -0.05) is 0 Å². The number of hydrogen-bond donors (Lipinski definition) is 1. The molecule has 17 heavy (non-hydrogen) atoms. The van der Waals surface area contributed by atoms with Gasteiger partial charge in [-0.25, -0.2) is 9.59 Å². The van der Waals surface area contributed by atoms with Crippen molar-refractivity contribution < 1.29 is 19.4 Å². The summed E-state index contributed by atoms with van der Waals surface area (Å²) >= 11 is 0. The highest BCUT2D eigenvalue weighted by molar-refractivity contribution is 6.00. The van der Waals surface area contributed by atoms with Crippen LogP contribution in [-0.2, 0) is 10.3 Å². The van der Waals surface area contributed by atoms with Gasteiger partial charge in [0, 0.05) is 6.20 Å². The molecule has 1 aromatic rings. The molecule has 6 heteroatoms. The smallest absolute Gasteiger partial charge is 0.357 e. The average molecular weight is 240 g/mol.